The van der Waals surface area contributed by atoms with Crippen LogP contribution < -0.4 is 0 Å². The lowest BCUT2D eigenvalue weighted by Gasteiger charge is -2.13. The van der Waals surface area contributed by atoms with E-state index < -0.39 is 6.10 Å². The van der Waals surface area contributed by atoms with Crippen molar-refractivity contribution in [1.82, 2.24) is 0 Å². The van der Waals surface area contributed by atoms with Gasteiger partial charge >= 0.3 is 0 Å². The first-order valence-corrected chi connectivity index (χ1v) is 6.63. The molecular weight excluding hydrogens is 244 g/mol. The molecule has 1 aromatic rings. The van der Waals surface area contributed by atoms with Gasteiger partial charge in [0.25, 0.3) is 0 Å². The Morgan fingerprint density at radius 1 is 1.38 bits per heavy atom. The molecule has 0 aromatic heterocycles. The largest absolute Gasteiger partial charge is 0.390 e. The van der Waals surface area contributed by atoms with Crippen LogP contribution in [-0.2, 0) is 4.74 Å². The molecule has 0 amide bonds. The Bertz CT molecular complexity index is 318. The minimum Gasteiger partial charge on any atom is -0.390 e. The van der Waals surface area contributed by atoms with Crippen molar-refractivity contribution in [3.05, 3.63) is 29.3 Å². The fourth-order valence-corrected chi connectivity index (χ4v) is 2.25. The first-order chi connectivity index (χ1) is 7.59. The van der Waals surface area contributed by atoms with Crippen molar-refractivity contribution in [2.45, 2.75) is 31.0 Å². The lowest BCUT2D eigenvalue weighted by atomic mass is 10.4. The van der Waals surface area contributed by atoms with Gasteiger partial charge in [-0.25, -0.2) is 0 Å². The van der Waals surface area contributed by atoms with Crippen molar-refractivity contribution in [2.24, 2.45) is 0 Å². The smallest absolute Gasteiger partial charge is 0.0867 e. The second kappa shape index (κ2) is 7.17. The zero-order valence-electron chi connectivity index (χ0n) is 9.52. The SMILES string of the molecule is CC(C)OCC(O)CSc1ccccc1Cl. The Kier molecular flexibility index (Phi) is 6.21. The van der Waals surface area contributed by atoms with Gasteiger partial charge in [-0.05, 0) is 26.0 Å². The highest BCUT2D eigenvalue weighted by molar-refractivity contribution is 7.99. The van der Waals surface area contributed by atoms with Crippen LogP contribution in [0.3, 0.4) is 0 Å². The molecule has 0 aliphatic rings. The Labute approximate surface area is 106 Å². The summed E-state index contributed by atoms with van der Waals surface area (Å²) in [6.45, 7) is 4.27. The van der Waals surface area contributed by atoms with E-state index in [4.69, 9.17) is 16.3 Å². The van der Waals surface area contributed by atoms with Gasteiger partial charge in [0.05, 0.1) is 23.8 Å². The van der Waals surface area contributed by atoms with Gasteiger partial charge in [0.15, 0.2) is 0 Å². The summed E-state index contributed by atoms with van der Waals surface area (Å²) >= 11 is 7.55. The molecule has 0 aliphatic carbocycles. The summed E-state index contributed by atoms with van der Waals surface area (Å²) in [5.41, 5.74) is 0. The van der Waals surface area contributed by atoms with Crippen LogP contribution in [0.4, 0.5) is 0 Å². The number of thioether (sulfide) groups is 1. The van der Waals surface area contributed by atoms with Crippen LogP contribution in [0, 0.1) is 0 Å². The third kappa shape index (κ3) is 5.21. The van der Waals surface area contributed by atoms with Crippen LogP contribution in [0.25, 0.3) is 0 Å². The summed E-state index contributed by atoms with van der Waals surface area (Å²) in [7, 11) is 0. The first kappa shape index (κ1) is 13.8. The molecule has 2 nitrogen and oxygen atoms in total. The van der Waals surface area contributed by atoms with Crippen LogP contribution in [0.2, 0.25) is 5.02 Å². The number of ether oxygens (including phenoxy) is 1. The van der Waals surface area contributed by atoms with E-state index in [0.29, 0.717) is 12.4 Å². The molecule has 0 saturated carbocycles. The molecule has 90 valence electrons. The van der Waals surface area contributed by atoms with E-state index in [0.717, 1.165) is 9.92 Å². The highest BCUT2D eigenvalue weighted by atomic mass is 35.5. The minimum atomic E-state index is -0.455. The minimum absolute atomic E-state index is 0.153. The Hall–Kier alpha value is -0.220. The van der Waals surface area contributed by atoms with Crippen molar-refractivity contribution in [1.29, 1.82) is 0 Å². The van der Waals surface area contributed by atoms with E-state index in [1.165, 1.54) is 0 Å². The van der Waals surface area contributed by atoms with Gasteiger partial charge < -0.3 is 9.84 Å². The molecular formula is C12H17ClO2S. The summed E-state index contributed by atoms with van der Waals surface area (Å²) in [5.74, 6) is 0.594. The fourth-order valence-electron chi connectivity index (χ4n) is 1.10. The summed E-state index contributed by atoms with van der Waals surface area (Å²) in [4.78, 5) is 0.993. The monoisotopic (exact) mass is 260 g/mol. The van der Waals surface area contributed by atoms with Crippen LogP contribution in [0.1, 0.15) is 13.8 Å². The topological polar surface area (TPSA) is 29.5 Å². The number of hydrogen-bond donors (Lipinski definition) is 1. The van der Waals surface area contributed by atoms with Crippen LogP contribution >= 0.6 is 23.4 Å². The molecule has 4 heteroatoms. The highest BCUT2D eigenvalue weighted by Gasteiger charge is 2.08. The molecule has 1 atom stereocenters. The van der Waals surface area contributed by atoms with Gasteiger partial charge in [-0.1, -0.05) is 23.7 Å². The molecule has 0 spiro atoms. The summed E-state index contributed by atoms with van der Waals surface area (Å²) < 4.78 is 5.33. The molecule has 0 heterocycles. The van der Waals surface area contributed by atoms with Crippen LogP contribution in [0.5, 0.6) is 0 Å². The predicted octanol–water partition coefficient (Wildman–Crippen LogP) is 3.22. The van der Waals surface area contributed by atoms with E-state index in [-0.39, 0.29) is 6.10 Å². The summed E-state index contributed by atoms with van der Waals surface area (Å²) in [5, 5.41) is 10.4. The van der Waals surface area contributed by atoms with Gasteiger partial charge in [-0.2, -0.15) is 0 Å². The number of aliphatic hydroxyl groups excluding tert-OH is 1. The number of aliphatic hydroxyl groups is 1. The van der Waals surface area contributed by atoms with Gasteiger partial charge in [0, 0.05) is 10.6 Å². The standard InChI is InChI=1S/C12H17ClO2S/c1-9(2)15-7-10(14)8-16-12-6-4-3-5-11(12)13/h3-6,9-10,14H,7-8H2,1-2H3. The maximum Gasteiger partial charge on any atom is 0.0867 e. The Balaban J connectivity index is 2.31. The van der Waals surface area contributed by atoms with Crippen molar-refractivity contribution >= 4 is 23.4 Å². The molecule has 0 radical (unpaired) electrons. The summed E-state index contributed by atoms with van der Waals surface area (Å²) in [6, 6.07) is 7.62. The number of halogens is 1. The van der Waals surface area contributed by atoms with Crippen molar-refractivity contribution in [3.8, 4) is 0 Å². The molecule has 0 bridgehead atoms. The Morgan fingerprint density at radius 3 is 2.69 bits per heavy atom. The highest BCUT2D eigenvalue weighted by Crippen LogP contribution is 2.26. The number of hydrogen-bond acceptors (Lipinski definition) is 3. The zero-order chi connectivity index (χ0) is 12.0. The molecule has 1 unspecified atom stereocenters. The molecule has 1 aromatic carbocycles. The van der Waals surface area contributed by atoms with Crippen LogP contribution in [0.15, 0.2) is 29.2 Å². The normalized spacial score (nSPS) is 13.1. The lowest BCUT2D eigenvalue weighted by Crippen LogP contribution is -2.20. The maximum atomic E-state index is 9.66. The quantitative estimate of drug-likeness (QED) is 0.797. The fraction of sp³-hybridized carbons (Fsp3) is 0.500. The van der Waals surface area contributed by atoms with E-state index in [1.54, 1.807) is 11.8 Å². The van der Waals surface area contributed by atoms with E-state index in [9.17, 15) is 5.11 Å². The second-order valence-corrected chi connectivity index (χ2v) is 5.25. The molecule has 1 rings (SSSR count). The average Bonchev–Trinajstić information content (AvgIpc) is 2.25. The van der Waals surface area contributed by atoms with Gasteiger partial charge in [-0.15, -0.1) is 11.8 Å². The van der Waals surface area contributed by atoms with Crippen molar-refractivity contribution in [2.75, 3.05) is 12.4 Å². The molecule has 16 heavy (non-hydrogen) atoms. The Morgan fingerprint density at radius 2 is 2.06 bits per heavy atom. The van der Waals surface area contributed by atoms with Gasteiger partial charge in [0.2, 0.25) is 0 Å². The van der Waals surface area contributed by atoms with Gasteiger partial charge in [0.1, 0.15) is 0 Å². The van der Waals surface area contributed by atoms with E-state index in [1.807, 2.05) is 38.1 Å². The first-order valence-electron chi connectivity index (χ1n) is 5.26. The van der Waals surface area contributed by atoms with Crippen LogP contribution in [-0.4, -0.2) is 29.7 Å². The zero-order valence-corrected chi connectivity index (χ0v) is 11.1. The van der Waals surface area contributed by atoms with Crippen molar-refractivity contribution in [3.63, 3.8) is 0 Å². The predicted molar refractivity (Wildman–Crippen MR) is 69.3 cm³/mol. The average molecular weight is 261 g/mol. The summed E-state index contributed by atoms with van der Waals surface area (Å²) in [6.07, 6.45) is -0.302. The molecule has 0 saturated heterocycles. The van der Waals surface area contributed by atoms with Gasteiger partial charge in [-0.3, -0.25) is 0 Å². The third-order valence-electron chi connectivity index (χ3n) is 1.89. The molecule has 1 N–H and O–H groups in total. The number of rotatable bonds is 6. The molecule has 0 fully saturated rings. The number of benzene rings is 1. The maximum absolute atomic E-state index is 9.66. The van der Waals surface area contributed by atoms with Crippen molar-refractivity contribution < 1.29 is 9.84 Å². The second-order valence-electron chi connectivity index (χ2n) is 3.78. The van der Waals surface area contributed by atoms with E-state index in [2.05, 4.69) is 0 Å². The lowest BCUT2D eigenvalue weighted by molar-refractivity contribution is 0.0152. The third-order valence-corrected chi connectivity index (χ3v) is 3.55. The van der Waals surface area contributed by atoms with E-state index >= 15 is 0 Å². The molecule has 0 aliphatic heterocycles.